The minimum absolute atomic E-state index is 0.160. The number of carbonyl (C=O) groups is 1. The molecular formula is C7H14OS. The van der Waals surface area contributed by atoms with Gasteiger partial charge in [0.15, 0.2) is 0 Å². The second-order valence-corrected chi connectivity index (χ2v) is 3.07. The van der Waals surface area contributed by atoms with E-state index in [1.165, 1.54) is 0 Å². The molecule has 0 fully saturated rings. The standard InChI is InChI=1S/C7H14OS/c1-6(2)3-7(4-8)5-9/h4,6-7,9H,3,5H2,1-2H3. The minimum atomic E-state index is 0.160. The zero-order chi connectivity index (χ0) is 7.28. The van der Waals surface area contributed by atoms with Crippen LogP contribution in [0.4, 0.5) is 0 Å². The van der Waals surface area contributed by atoms with Crippen LogP contribution in [0.25, 0.3) is 0 Å². The molecule has 2 heteroatoms. The third-order valence-corrected chi connectivity index (χ3v) is 1.67. The topological polar surface area (TPSA) is 17.1 Å². The molecule has 54 valence electrons. The van der Waals surface area contributed by atoms with Crippen molar-refractivity contribution < 1.29 is 4.79 Å². The number of thiol groups is 1. The highest BCUT2D eigenvalue weighted by Gasteiger charge is 2.05. The highest BCUT2D eigenvalue weighted by Crippen LogP contribution is 2.09. The fourth-order valence-corrected chi connectivity index (χ4v) is 1.01. The summed E-state index contributed by atoms with van der Waals surface area (Å²) in [6.45, 7) is 4.22. The molecule has 0 spiro atoms. The maximum atomic E-state index is 10.2. The predicted molar refractivity (Wildman–Crippen MR) is 42.9 cm³/mol. The van der Waals surface area contributed by atoms with Gasteiger partial charge < -0.3 is 4.79 Å². The molecule has 0 aromatic carbocycles. The third kappa shape index (κ3) is 4.52. The molecule has 0 aromatic heterocycles. The number of carbonyl (C=O) groups excluding carboxylic acids is 1. The first kappa shape index (κ1) is 9.02. The summed E-state index contributed by atoms with van der Waals surface area (Å²) < 4.78 is 0. The number of aldehydes is 1. The van der Waals surface area contributed by atoms with E-state index in [1.54, 1.807) is 0 Å². The molecule has 0 amide bonds. The first-order valence-electron chi connectivity index (χ1n) is 3.26. The number of rotatable bonds is 4. The Morgan fingerprint density at radius 1 is 1.56 bits per heavy atom. The molecule has 0 radical (unpaired) electrons. The van der Waals surface area contributed by atoms with Crippen LogP contribution >= 0.6 is 12.6 Å². The van der Waals surface area contributed by atoms with E-state index < -0.39 is 0 Å². The van der Waals surface area contributed by atoms with Crippen LogP contribution in [-0.2, 0) is 4.79 Å². The summed E-state index contributed by atoms with van der Waals surface area (Å²) in [6.07, 6.45) is 1.96. The number of hydrogen-bond donors (Lipinski definition) is 1. The monoisotopic (exact) mass is 146 g/mol. The van der Waals surface area contributed by atoms with Crippen LogP contribution in [0.2, 0.25) is 0 Å². The molecule has 0 saturated carbocycles. The molecule has 1 unspecified atom stereocenters. The molecule has 0 saturated heterocycles. The Morgan fingerprint density at radius 3 is 2.22 bits per heavy atom. The quantitative estimate of drug-likeness (QED) is 0.472. The predicted octanol–water partition coefficient (Wildman–Crippen LogP) is 1.78. The SMILES string of the molecule is CC(C)CC(C=O)CS. The lowest BCUT2D eigenvalue weighted by Gasteiger charge is -2.08. The first-order valence-corrected chi connectivity index (χ1v) is 3.90. The van der Waals surface area contributed by atoms with Gasteiger partial charge in [0.1, 0.15) is 6.29 Å². The molecule has 0 heterocycles. The van der Waals surface area contributed by atoms with Crippen LogP contribution in [0.3, 0.4) is 0 Å². The fraction of sp³-hybridized carbons (Fsp3) is 0.857. The Bertz CT molecular complexity index is 81.0. The van der Waals surface area contributed by atoms with E-state index in [2.05, 4.69) is 26.5 Å². The maximum Gasteiger partial charge on any atom is 0.123 e. The smallest absolute Gasteiger partial charge is 0.123 e. The molecule has 1 nitrogen and oxygen atoms in total. The Morgan fingerprint density at radius 2 is 2.11 bits per heavy atom. The van der Waals surface area contributed by atoms with E-state index in [1.807, 2.05) is 0 Å². The van der Waals surface area contributed by atoms with Crippen molar-refractivity contribution in [3.8, 4) is 0 Å². The lowest BCUT2D eigenvalue weighted by atomic mass is 10.0. The summed E-state index contributed by atoms with van der Waals surface area (Å²) in [4.78, 5) is 10.2. The fourth-order valence-electron chi connectivity index (χ4n) is 0.779. The van der Waals surface area contributed by atoms with Gasteiger partial charge in [-0.05, 0) is 18.1 Å². The van der Waals surface area contributed by atoms with Gasteiger partial charge in [0, 0.05) is 5.92 Å². The van der Waals surface area contributed by atoms with E-state index in [0.717, 1.165) is 12.7 Å². The van der Waals surface area contributed by atoms with Gasteiger partial charge in [-0.25, -0.2) is 0 Å². The minimum Gasteiger partial charge on any atom is -0.303 e. The molecule has 0 rings (SSSR count). The van der Waals surface area contributed by atoms with Crippen molar-refractivity contribution in [1.29, 1.82) is 0 Å². The first-order chi connectivity index (χ1) is 4.20. The van der Waals surface area contributed by atoms with E-state index in [4.69, 9.17) is 0 Å². The summed E-state index contributed by atoms with van der Waals surface area (Å²) in [5.74, 6) is 1.45. The van der Waals surface area contributed by atoms with Gasteiger partial charge in [-0.3, -0.25) is 0 Å². The van der Waals surface area contributed by atoms with Gasteiger partial charge in [0.05, 0.1) is 0 Å². The summed E-state index contributed by atoms with van der Waals surface area (Å²) in [6, 6.07) is 0. The highest BCUT2D eigenvalue weighted by molar-refractivity contribution is 7.80. The van der Waals surface area contributed by atoms with Crippen molar-refractivity contribution in [3.63, 3.8) is 0 Å². The van der Waals surface area contributed by atoms with Crippen LogP contribution in [0.1, 0.15) is 20.3 Å². The zero-order valence-corrected chi connectivity index (χ0v) is 6.90. The average Bonchev–Trinajstić information content (AvgIpc) is 1.82. The summed E-state index contributed by atoms with van der Waals surface area (Å²) in [7, 11) is 0. The van der Waals surface area contributed by atoms with E-state index in [9.17, 15) is 4.79 Å². The van der Waals surface area contributed by atoms with Crippen molar-refractivity contribution in [2.45, 2.75) is 20.3 Å². The van der Waals surface area contributed by atoms with Gasteiger partial charge in [-0.1, -0.05) is 13.8 Å². The van der Waals surface area contributed by atoms with Gasteiger partial charge in [0.25, 0.3) is 0 Å². The second kappa shape index (κ2) is 4.86. The average molecular weight is 146 g/mol. The Hall–Kier alpha value is 0.0200. The normalized spacial score (nSPS) is 13.8. The van der Waals surface area contributed by atoms with Gasteiger partial charge in [-0.15, -0.1) is 0 Å². The van der Waals surface area contributed by atoms with Gasteiger partial charge in [0.2, 0.25) is 0 Å². The van der Waals surface area contributed by atoms with Crippen molar-refractivity contribution in [1.82, 2.24) is 0 Å². The lowest BCUT2D eigenvalue weighted by molar-refractivity contribution is -0.110. The van der Waals surface area contributed by atoms with Crippen LogP contribution < -0.4 is 0 Å². The van der Waals surface area contributed by atoms with E-state index >= 15 is 0 Å². The molecular weight excluding hydrogens is 132 g/mol. The summed E-state index contributed by atoms with van der Waals surface area (Å²) in [5, 5.41) is 0. The lowest BCUT2D eigenvalue weighted by Crippen LogP contribution is -2.06. The number of hydrogen-bond acceptors (Lipinski definition) is 2. The van der Waals surface area contributed by atoms with Crippen LogP contribution in [0, 0.1) is 11.8 Å². The molecule has 0 N–H and O–H groups in total. The largest absolute Gasteiger partial charge is 0.303 e. The highest BCUT2D eigenvalue weighted by atomic mass is 32.1. The molecule has 0 aliphatic heterocycles. The van der Waals surface area contributed by atoms with Gasteiger partial charge in [-0.2, -0.15) is 12.6 Å². The molecule has 9 heavy (non-hydrogen) atoms. The van der Waals surface area contributed by atoms with Crippen molar-refractivity contribution in [2.75, 3.05) is 5.75 Å². The molecule has 0 aromatic rings. The van der Waals surface area contributed by atoms with Crippen molar-refractivity contribution >= 4 is 18.9 Å². The van der Waals surface area contributed by atoms with E-state index in [-0.39, 0.29) is 5.92 Å². The summed E-state index contributed by atoms with van der Waals surface area (Å²) in [5.41, 5.74) is 0. The Kier molecular flexibility index (Phi) is 4.87. The van der Waals surface area contributed by atoms with Crippen molar-refractivity contribution in [3.05, 3.63) is 0 Å². The van der Waals surface area contributed by atoms with Crippen molar-refractivity contribution in [2.24, 2.45) is 11.8 Å². The molecule has 1 atom stereocenters. The Balaban J connectivity index is 3.42. The Labute approximate surface area is 62.2 Å². The molecule has 0 bridgehead atoms. The summed E-state index contributed by atoms with van der Waals surface area (Å²) >= 11 is 4.04. The second-order valence-electron chi connectivity index (χ2n) is 2.71. The molecule has 0 aliphatic carbocycles. The van der Waals surface area contributed by atoms with Crippen LogP contribution in [-0.4, -0.2) is 12.0 Å². The van der Waals surface area contributed by atoms with Crippen LogP contribution in [0.15, 0.2) is 0 Å². The molecule has 0 aliphatic rings. The van der Waals surface area contributed by atoms with Gasteiger partial charge >= 0.3 is 0 Å². The third-order valence-electron chi connectivity index (χ3n) is 1.20. The maximum absolute atomic E-state index is 10.2. The zero-order valence-electron chi connectivity index (χ0n) is 6.00. The van der Waals surface area contributed by atoms with Crippen LogP contribution in [0.5, 0.6) is 0 Å². The van der Waals surface area contributed by atoms with E-state index in [0.29, 0.717) is 11.7 Å².